The fraction of sp³-hybridized carbons (Fsp3) is 0.381. The third-order valence-corrected chi connectivity index (χ3v) is 5.06. The van der Waals surface area contributed by atoms with Crippen molar-refractivity contribution in [3.63, 3.8) is 0 Å². The topological polar surface area (TPSA) is 57.0 Å². The minimum Gasteiger partial charge on any atom is -0.496 e. The van der Waals surface area contributed by atoms with Crippen LogP contribution in [0, 0.1) is 6.92 Å². The zero-order valence-corrected chi connectivity index (χ0v) is 17.7. The van der Waals surface area contributed by atoms with E-state index < -0.39 is 0 Å². The van der Waals surface area contributed by atoms with E-state index in [4.69, 9.17) is 9.72 Å². The van der Waals surface area contributed by atoms with Crippen LogP contribution >= 0.6 is 11.3 Å². The molecule has 0 aliphatic carbocycles. The highest BCUT2D eigenvalue weighted by Gasteiger charge is 2.18. The van der Waals surface area contributed by atoms with Crippen molar-refractivity contribution in [2.24, 2.45) is 0 Å². The van der Waals surface area contributed by atoms with Crippen molar-refractivity contribution in [1.82, 2.24) is 14.5 Å². The summed E-state index contributed by atoms with van der Waals surface area (Å²) in [6.45, 7) is 9.92. The molecule has 3 heterocycles. The number of thiophene rings is 1. The van der Waals surface area contributed by atoms with Crippen molar-refractivity contribution in [2.45, 2.75) is 47.5 Å². The summed E-state index contributed by atoms with van der Waals surface area (Å²) in [5.74, 6) is 1.35. The van der Waals surface area contributed by atoms with Gasteiger partial charge in [-0.15, -0.1) is 11.3 Å². The molecule has 0 spiro atoms. The van der Waals surface area contributed by atoms with Crippen molar-refractivity contribution in [3.05, 3.63) is 46.7 Å². The number of aryl methyl sites for hydroxylation is 1. The number of nitrogens with zero attached hydrogens (tertiary/aromatic N) is 3. The summed E-state index contributed by atoms with van der Waals surface area (Å²) in [4.78, 5) is 23.1. The van der Waals surface area contributed by atoms with Gasteiger partial charge in [-0.05, 0) is 32.4 Å². The van der Waals surface area contributed by atoms with Gasteiger partial charge in [0.05, 0.1) is 12.5 Å². The van der Waals surface area contributed by atoms with Crippen LogP contribution in [0.25, 0.3) is 26.1 Å². The minimum absolute atomic E-state index is 0.0620. The molecule has 3 aromatic heterocycles. The van der Waals surface area contributed by atoms with Crippen molar-refractivity contribution >= 4 is 37.5 Å². The fourth-order valence-corrected chi connectivity index (χ4v) is 3.89. The van der Waals surface area contributed by atoms with Gasteiger partial charge < -0.3 is 4.74 Å². The minimum atomic E-state index is -0.0620. The highest BCUT2D eigenvalue weighted by molar-refractivity contribution is 7.25. The molecule has 27 heavy (non-hydrogen) atoms. The maximum atomic E-state index is 13.2. The monoisotopic (exact) mass is 385 g/mol. The average molecular weight is 386 g/mol. The summed E-state index contributed by atoms with van der Waals surface area (Å²) in [6, 6.07) is 1.80. The Balaban J connectivity index is 0.00000126. The lowest BCUT2D eigenvalue weighted by Crippen LogP contribution is -2.22. The van der Waals surface area contributed by atoms with Gasteiger partial charge in [0.1, 0.15) is 26.6 Å². The molecule has 0 bridgehead atoms. The van der Waals surface area contributed by atoms with Crippen LogP contribution in [0.1, 0.15) is 46.4 Å². The molecule has 0 aliphatic rings. The molecule has 0 aliphatic heterocycles. The molecule has 144 valence electrons. The van der Waals surface area contributed by atoms with Crippen LogP contribution in [0.15, 0.2) is 35.3 Å². The Morgan fingerprint density at radius 3 is 2.74 bits per heavy atom. The number of aromatic nitrogens is 3. The number of fused-ring (bicyclic) bond motifs is 3. The van der Waals surface area contributed by atoms with Gasteiger partial charge in [-0.1, -0.05) is 39.3 Å². The predicted molar refractivity (Wildman–Crippen MR) is 116 cm³/mol. The lowest BCUT2D eigenvalue weighted by molar-refractivity contribution is 0.420. The van der Waals surface area contributed by atoms with Gasteiger partial charge >= 0.3 is 0 Å². The van der Waals surface area contributed by atoms with Crippen molar-refractivity contribution < 1.29 is 4.74 Å². The summed E-state index contributed by atoms with van der Waals surface area (Å²) < 4.78 is 7.72. The number of allylic oxidation sites excluding steroid dienone is 4. The molecule has 0 aromatic carbocycles. The number of ether oxygens (including phenoxy) is 1. The van der Waals surface area contributed by atoms with Crippen LogP contribution in [0.3, 0.4) is 0 Å². The molecule has 0 unspecified atom stereocenters. The first-order valence-electron chi connectivity index (χ1n) is 9.30. The molecule has 3 aromatic rings. The highest BCUT2D eigenvalue weighted by Crippen LogP contribution is 2.35. The van der Waals surface area contributed by atoms with E-state index >= 15 is 0 Å². The normalized spacial score (nSPS) is 11.9. The summed E-state index contributed by atoms with van der Waals surface area (Å²) in [5.41, 5.74) is 1.46. The number of rotatable bonds is 5. The number of hydrogen-bond acceptors (Lipinski definition) is 5. The van der Waals surface area contributed by atoms with Crippen molar-refractivity contribution in [1.29, 1.82) is 0 Å². The van der Waals surface area contributed by atoms with Gasteiger partial charge in [-0.25, -0.2) is 9.97 Å². The number of methoxy groups -OCH3 is 1. The molecule has 0 atom stereocenters. The zero-order valence-electron chi connectivity index (χ0n) is 16.9. The summed E-state index contributed by atoms with van der Waals surface area (Å²) >= 11 is 1.36. The lowest BCUT2D eigenvalue weighted by Gasteiger charge is -2.11. The smallest absolute Gasteiger partial charge is 0.276 e. The molecule has 0 radical (unpaired) electrons. The fourth-order valence-electron chi connectivity index (χ4n) is 2.86. The van der Waals surface area contributed by atoms with Crippen molar-refractivity contribution in [2.75, 3.05) is 7.11 Å². The van der Waals surface area contributed by atoms with E-state index in [2.05, 4.69) is 18.0 Å². The average Bonchev–Trinajstić information content (AvgIpc) is 3.06. The molecular formula is C21H27N3O2S. The summed E-state index contributed by atoms with van der Waals surface area (Å²) in [5, 5.41) is 0.808. The second-order valence-electron chi connectivity index (χ2n) is 5.69. The van der Waals surface area contributed by atoms with E-state index in [1.807, 2.05) is 39.8 Å². The first-order chi connectivity index (χ1) is 13.1. The standard InChI is InChI=1S/C19H21N3O2S.C2H6/c1-5-7-9-13(8-6-2)22-12(3)21-16-15-14(24-4)10-11-20-18(15)25-17(16)19(22)23;1-2/h6,8-11H,5,7H2,1-4H3;1-2H3/b8-6-,13-9+;. The number of unbranched alkanes of at least 4 members (excludes halogenated alkanes) is 1. The summed E-state index contributed by atoms with van der Waals surface area (Å²) in [6.07, 6.45) is 9.58. The van der Waals surface area contributed by atoms with Crippen molar-refractivity contribution in [3.8, 4) is 5.75 Å². The Bertz CT molecular complexity index is 1040. The van der Waals surface area contributed by atoms with Gasteiger partial charge in [-0.3, -0.25) is 9.36 Å². The Hall–Kier alpha value is -2.47. The maximum absolute atomic E-state index is 13.2. The quantitative estimate of drug-likeness (QED) is 0.539. The summed E-state index contributed by atoms with van der Waals surface area (Å²) in [7, 11) is 1.62. The van der Waals surface area contributed by atoms with Gasteiger partial charge in [-0.2, -0.15) is 0 Å². The largest absolute Gasteiger partial charge is 0.496 e. The van der Waals surface area contributed by atoms with Gasteiger partial charge in [0.15, 0.2) is 0 Å². The molecule has 6 heteroatoms. The van der Waals surface area contributed by atoms with E-state index in [1.165, 1.54) is 11.3 Å². The second kappa shape index (κ2) is 9.46. The van der Waals surface area contributed by atoms with Gasteiger partial charge in [0.25, 0.3) is 5.56 Å². The Labute approximate surface area is 164 Å². The Morgan fingerprint density at radius 2 is 2.11 bits per heavy atom. The Morgan fingerprint density at radius 1 is 1.37 bits per heavy atom. The van der Waals surface area contributed by atoms with E-state index in [1.54, 1.807) is 23.9 Å². The first kappa shape index (κ1) is 20.8. The van der Waals surface area contributed by atoms with E-state index in [-0.39, 0.29) is 5.56 Å². The molecule has 0 N–H and O–H groups in total. The molecule has 0 saturated carbocycles. The predicted octanol–water partition coefficient (Wildman–Crippen LogP) is 5.57. The number of pyridine rings is 1. The van der Waals surface area contributed by atoms with Gasteiger partial charge in [0, 0.05) is 11.9 Å². The molecule has 0 saturated heterocycles. The lowest BCUT2D eigenvalue weighted by atomic mass is 10.2. The first-order valence-corrected chi connectivity index (χ1v) is 10.1. The van der Waals surface area contributed by atoms with Crippen LogP contribution in [-0.2, 0) is 0 Å². The van der Waals surface area contributed by atoms with E-state index in [9.17, 15) is 4.79 Å². The van der Waals surface area contributed by atoms with Gasteiger partial charge in [0.2, 0.25) is 0 Å². The third-order valence-electron chi connectivity index (χ3n) is 3.98. The van der Waals surface area contributed by atoms with E-state index in [0.29, 0.717) is 21.8 Å². The molecule has 5 nitrogen and oxygen atoms in total. The van der Waals surface area contributed by atoms with Crippen LogP contribution < -0.4 is 10.3 Å². The molecule has 3 rings (SSSR count). The van der Waals surface area contributed by atoms with E-state index in [0.717, 1.165) is 28.8 Å². The SMILES string of the molecule is C/C=C\C(=C/CCC)n1c(C)nc2c(sc3nccc(OC)c32)c1=O.CC. The maximum Gasteiger partial charge on any atom is 0.276 e. The molecule has 0 fully saturated rings. The Kier molecular flexibility index (Phi) is 7.30. The third kappa shape index (κ3) is 3.95. The molecule has 0 amide bonds. The van der Waals surface area contributed by atoms with Crippen LogP contribution in [-0.4, -0.2) is 21.6 Å². The van der Waals surface area contributed by atoms with Crippen LogP contribution in [0.5, 0.6) is 5.75 Å². The highest BCUT2D eigenvalue weighted by atomic mass is 32.1. The second-order valence-corrected chi connectivity index (χ2v) is 6.69. The molecular weight excluding hydrogens is 358 g/mol. The number of hydrogen-bond donors (Lipinski definition) is 0. The van der Waals surface area contributed by atoms with Crippen LogP contribution in [0.2, 0.25) is 0 Å². The zero-order chi connectivity index (χ0) is 20.0. The van der Waals surface area contributed by atoms with Crippen LogP contribution in [0.4, 0.5) is 0 Å².